The predicted molar refractivity (Wildman–Crippen MR) is 107 cm³/mol. The molecule has 25 heavy (non-hydrogen) atoms. The molecule has 3 heterocycles. The molecule has 0 bridgehead atoms. The first-order valence-corrected chi connectivity index (χ1v) is 9.13. The van der Waals surface area contributed by atoms with Crippen molar-refractivity contribution in [3.8, 4) is 0 Å². The fourth-order valence-electron chi connectivity index (χ4n) is 3.50. The Morgan fingerprint density at radius 1 is 0.640 bits per heavy atom. The summed E-state index contributed by atoms with van der Waals surface area (Å²) in [6, 6.07) is 0. The monoisotopic (exact) mass is 395 g/mol. The highest BCUT2D eigenvalue weighted by Crippen LogP contribution is 2.13. The summed E-state index contributed by atoms with van der Waals surface area (Å²) in [7, 11) is 10.0. The molecule has 0 atom stereocenters. The summed E-state index contributed by atoms with van der Waals surface area (Å²) in [5.41, 5.74) is 0. The molecule has 11 heteroatoms. The van der Waals surface area contributed by atoms with Crippen molar-refractivity contribution in [3.05, 3.63) is 51.5 Å². The molecular weight excluding hydrogens is 373 g/mol. The van der Waals surface area contributed by atoms with Crippen LogP contribution in [0.1, 0.15) is 0 Å². The van der Waals surface area contributed by atoms with Gasteiger partial charge in [-0.25, -0.2) is 0 Å². The molecular formula is C14H22BN7S3. The lowest BCUT2D eigenvalue weighted by atomic mass is 9.71. The first kappa shape index (κ1) is 18.1. The largest absolute Gasteiger partial charge is 0.527 e. The Kier molecular flexibility index (Phi) is 4.52. The number of aromatic nitrogens is 6. The van der Waals surface area contributed by atoms with Crippen molar-refractivity contribution in [2.75, 3.05) is 14.1 Å². The van der Waals surface area contributed by atoms with Crippen LogP contribution in [-0.4, -0.2) is 47.9 Å². The molecule has 3 aromatic rings. The Bertz CT molecular complexity index is 959. The van der Waals surface area contributed by atoms with E-state index >= 15 is 0 Å². The topological polar surface area (TPSA) is 34.0 Å². The highest BCUT2D eigenvalue weighted by atomic mass is 32.1. The van der Waals surface area contributed by atoms with Gasteiger partial charge in [-0.15, -0.1) is 0 Å². The fourth-order valence-corrected chi connectivity index (χ4v) is 4.31. The summed E-state index contributed by atoms with van der Waals surface area (Å²) in [5, 5.41) is 0. The van der Waals surface area contributed by atoms with Gasteiger partial charge in [-0.3, -0.25) is 0 Å². The average Bonchev–Trinajstić information content (AvgIpc) is 3.18. The molecule has 0 saturated carbocycles. The summed E-state index contributed by atoms with van der Waals surface area (Å²) in [6.45, 7) is -1.69. The summed E-state index contributed by atoms with van der Waals surface area (Å²) >= 11 is 17.1. The van der Waals surface area contributed by atoms with Crippen LogP contribution in [0.5, 0.6) is 0 Å². The van der Waals surface area contributed by atoms with E-state index in [2.05, 4.69) is 27.5 Å². The summed E-state index contributed by atoms with van der Waals surface area (Å²) in [6.07, 6.45) is 11.9. The highest BCUT2D eigenvalue weighted by molar-refractivity contribution is 7.71. The third-order valence-electron chi connectivity index (χ3n) is 4.86. The second-order valence-electron chi connectivity index (χ2n) is 6.61. The number of hydrogen-bond donors (Lipinski definition) is 1. The van der Waals surface area contributed by atoms with E-state index in [0.29, 0.717) is 14.3 Å². The lowest BCUT2D eigenvalue weighted by molar-refractivity contribution is -0.756. The summed E-state index contributed by atoms with van der Waals surface area (Å²) < 4.78 is 14.2. The van der Waals surface area contributed by atoms with Crippen LogP contribution in [0.25, 0.3) is 0 Å². The second-order valence-corrected chi connectivity index (χ2v) is 7.70. The number of quaternary nitrogens is 1. The van der Waals surface area contributed by atoms with Gasteiger partial charge in [0.15, 0.2) is 0 Å². The molecule has 0 aromatic carbocycles. The number of rotatable bonds is 4. The number of hydrogen-bond acceptors (Lipinski definition) is 3. The van der Waals surface area contributed by atoms with Crippen LogP contribution >= 0.6 is 36.7 Å². The number of imidazole rings is 3. The second kappa shape index (κ2) is 6.24. The third-order valence-corrected chi connectivity index (χ3v) is 6.36. The average molecular weight is 395 g/mol. The Labute approximate surface area is 162 Å². The maximum Gasteiger partial charge on any atom is 0.527 e. The van der Waals surface area contributed by atoms with Crippen LogP contribution in [0.2, 0.25) is 0 Å². The number of nitrogens with zero attached hydrogens (tertiary/aromatic N) is 6. The Hall–Kier alpha value is -1.69. The van der Waals surface area contributed by atoms with Gasteiger partial charge in [-0.2, -0.15) is 0 Å². The van der Waals surface area contributed by atoms with Crippen molar-refractivity contribution in [1.82, 2.24) is 27.1 Å². The van der Waals surface area contributed by atoms with Crippen LogP contribution in [-0.2, 0) is 21.1 Å². The maximum absolute atomic E-state index is 5.71. The van der Waals surface area contributed by atoms with E-state index in [-0.39, 0.29) is 0 Å². The van der Waals surface area contributed by atoms with Gasteiger partial charge in [0.25, 0.3) is 0 Å². The van der Waals surface area contributed by atoms with Crippen molar-refractivity contribution in [1.29, 1.82) is 0 Å². The van der Waals surface area contributed by atoms with Gasteiger partial charge in [0.05, 0.1) is 0 Å². The van der Waals surface area contributed by atoms with Crippen molar-refractivity contribution in [3.63, 3.8) is 0 Å². The van der Waals surface area contributed by atoms with Crippen LogP contribution in [0.4, 0.5) is 0 Å². The molecule has 0 radical (unpaired) electrons. The van der Waals surface area contributed by atoms with Gasteiger partial charge in [0, 0.05) is 53.8 Å². The molecule has 0 spiro atoms. The molecule has 0 aliphatic rings. The molecule has 7 nitrogen and oxygen atoms in total. The van der Waals surface area contributed by atoms with Crippen LogP contribution in [0.3, 0.4) is 0 Å². The van der Waals surface area contributed by atoms with Gasteiger partial charge >= 0.3 is 6.69 Å². The van der Waals surface area contributed by atoms with Gasteiger partial charge in [0.1, 0.15) is 14.3 Å². The van der Waals surface area contributed by atoms with Gasteiger partial charge in [0.2, 0.25) is 0 Å². The zero-order chi connectivity index (χ0) is 18.5. The van der Waals surface area contributed by atoms with E-state index in [0.717, 1.165) is 4.81 Å². The normalized spacial score (nSPS) is 12.2. The zero-order valence-corrected chi connectivity index (χ0v) is 17.4. The lowest BCUT2D eigenvalue weighted by Crippen LogP contribution is -3.22. The van der Waals surface area contributed by atoms with Crippen molar-refractivity contribution >= 4 is 43.3 Å². The minimum Gasteiger partial charge on any atom is -0.470 e. The minimum atomic E-state index is -1.69. The molecule has 0 unspecified atom stereocenters. The quantitative estimate of drug-likeness (QED) is 0.525. The van der Waals surface area contributed by atoms with E-state index in [1.54, 1.807) is 0 Å². The van der Waals surface area contributed by atoms with Crippen LogP contribution in [0.15, 0.2) is 37.2 Å². The molecule has 0 saturated heterocycles. The molecule has 0 fully saturated rings. The predicted octanol–water partition coefficient (Wildman–Crippen LogP) is 0.820. The van der Waals surface area contributed by atoms with Crippen molar-refractivity contribution < 1.29 is 4.81 Å². The molecule has 134 valence electrons. The molecule has 0 amide bonds. The number of nitrogens with one attached hydrogen (secondary N) is 1. The summed E-state index contributed by atoms with van der Waals surface area (Å²) in [4.78, 5) is 1.15. The van der Waals surface area contributed by atoms with E-state index in [9.17, 15) is 0 Å². The number of aryl methyl sites for hydroxylation is 3. The van der Waals surface area contributed by atoms with Crippen molar-refractivity contribution in [2.45, 2.75) is 0 Å². The molecule has 3 aromatic heterocycles. The summed E-state index contributed by atoms with van der Waals surface area (Å²) in [5.74, 6) is 0. The van der Waals surface area contributed by atoms with Gasteiger partial charge in [-0.1, -0.05) is 0 Å². The standard InChI is InChI=1S/C14H22BN7S3/c1-16(2)15(20-9-6-17(3)12(20)23,21-10-7-18(4)13(21)24)22-11-8-19(5)14(22)25/h6-11,16H,1-5H3. The van der Waals surface area contributed by atoms with E-state index in [1.807, 2.05) is 72.0 Å². The van der Waals surface area contributed by atoms with Crippen LogP contribution in [0, 0.1) is 14.3 Å². The Balaban J connectivity index is 2.55. The van der Waals surface area contributed by atoms with E-state index in [1.165, 1.54) is 0 Å². The zero-order valence-electron chi connectivity index (χ0n) is 14.9. The Morgan fingerprint density at radius 3 is 1.08 bits per heavy atom. The smallest absolute Gasteiger partial charge is 0.470 e. The first-order chi connectivity index (χ1) is 11.7. The SMILES string of the molecule is Cn1ccn([B-](n2ccn(C)c2=S)(n2ccn(C)c2=S)[NH+](C)C)c1=S. The highest BCUT2D eigenvalue weighted by Gasteiger charge is 2.44. The molecule has 3 rings (SSSR count). The molecule has 0 aliphatic heterocycles. The van der Waals surface area contributed by atoms with E-state index in [4.69, 9.17) is 36.7 Å². The lowest BCUT2D eigenvalue weighted by Gasteiger charge is -2.44. The molecule has 0 aliphatic carbocycles. The third kappa shape index (κ3) is 2.45. The van der Waals surface area contributed by atoms with Crippen molar-refractivity contribution in [2.24, 2.45) is 21.1 Å². The fraction of sp³-hybridized carbons (Fsp3) is 0.357. The maximum atomic E-state index is 5.71. The minimum absolute atomic E-state index is 0.706. The molecule has 1 N–H and O–H groups in total. The first-order valence-electron chi connectivity index (χ1n) is 7.91. The van der Waals surface area contributed by atoms with Crippen LogP contribution < -0.4 is 4.81 Å². The Morgan fingerprint density at radius 2 is 0.920 bits per heavy atom. The van der Waals surface area contributed by atoms with Gasteiger partial charge < -0.3 is 31.9 Å². The van der Waals surface area contributed by atoms with Gasteiger partial charge in [-0.05, 0) is 55.2 Å². The van der Waals surface area contributed by atoms with E-state index < -0.39 is 6.69 Å².